The number of methoxy groups -OCH3 is 1. The van der Waals surface area contributed by atoms with Gasteiger partial charge in [-0.05, 0) is 37.1 Å². The summed E-state index contributed by atoms with van der Waals surface area (Å²) >= 11 is 0. The summed E-state index contributed by atoms with van der Waals surface area (Å²) in [7, 11) is 1.67. The number of imidazole rings is 1. The lowest BCUT2D eigenvalue weighted by Gasteiger charge is -2.07. The lowest BCUT2D eigenvalue weighted by atomic mass is 10.2. The first-order chi connectivity index (χ1) is 10.3. The molecule has 2 N–H and O–H groups in total. The molecule has 1 fully saturated rings. The van der Waals surface area contributed by atoms with Gasteiger partial charge < -0.3 is 15.0 Å². The Labute approximate surface area is 122 Å². The molecule has 1 aliphatic rings. The summed E-state index contributed by atoms with van der Waals surface area (Å²) in [6, 6.07) is 10.4. The van der Waals surface area contributed by atoms with Gasteiger partial charge in [0.15, 0.2) is 0 Å². The standard InChI is InChI=1S/C16H16N4O/c1-21-12-5-6-14-13(8-12)19-16(20(14)11-3-4-11)10-2-7-15(17)18-9-10/h2,5-9,11H,3-4H2,1H3,(H2,17,18). The quantitative estimate of drug-likeness (QED) is 0.801. The second-order valence-electron chi connectivity index (χ2n) is 5.36. The van der Waals surface area contributed by atoms with E-state index < -0.39 is 0 Å². The predicted molar refractivity (Wildman–Crippen MR) is 82.2 cm³/mol. The van der Waals surface area contributed by atoms with E-state index in [2.05, 4.69) is 15.6 Å². The molecular weight excluding hydrogens is 264 g/mol. The molecule has 0 atom stereocenters. The maximum Gasteiger partial charge on any atom is 0.142 e. The van der Waals surface area contributed by atoms with Crippen LogP contribution < -0.4 is 10.5 Å². The topological polar surface area (TPSA) is 66.0 Å². The van der Waals surface area contributed by atoms with Gasteiger partial charge in [0.25, 0.3) is 0 Å². The predicted octanol–water partition coefficient (Wildman–Crippen LogP) is 3.02. The first kappa shape index (κ1) is 12.2. The highest BCUT2D eigenvalue weighted by atomic mass is 16.5. The first-order valence-electron chi connectivity index (χ1n) is 7.04. The van der Waals surface area contributed by atoms with Crippen LogP contribution in [0.3, 0.4) is 0 Å². The summed E-state index contributed by atoms with van der Waals surface area (Å²) in [4.78, 5) is 8.96. The Morgan fingerprint density at radius 3 is 2.76 bits per heavy atom. The fourth-order valence-electron chi connectivity index (χ4n) is 2.65. The third kappa shape index (κ3) is 2.01. The summed E-state index contributed by atoms with van der Waals surface area (Å²) in [6.07, 6.45) is 4.19. The Morgan fingerprint density at radius 2 is 2.10 bits per heavy atom. The third-order valence-electron chi connectivity index (χ3n) is 3.85. The highest BCUT2D eigenvalue weighted by molar-refractivity contribution is 5.82. The van der Waals surface area contributed by atoms with E-state index in [1.165, 1.54) is 12.8 Å². The summed E-state index contributed by atoms with van der Waals surface area (Å²) < 4.78 is 7.60. The number of benzene rings is 1. The summed E-state index contributed by atoms with van der Waals surface area (Å²) in [5, 5.41) is 0. The van der Waals surface area contributed by atoms with Crippen LogP contribution in [0.1, 0.15) is 18.9 Å². The molecule has 0 amide bonds. The van der Waals surface area contributed by atoms with Crippen molar-refractivity contribution in [1.82, 2.24) is 14.5 Å². The van der Waals surface area contributed by atoms with Crippen molar-refractivity contribution in [3.63, 3.8) is 0 Å². The molecule has 0 aliphatic heterocycles. The van der Waals surface area contributed by atoms with Crippen molar-refractivity contribution in [3.05, 3.63) is 36.5 Å². The summed E-state index contributed by atoms with van der Waals surface area (Å²) in [5.74, 6) is 2.30. The van der Waals surface area contributed by atoms with Crippen LogP contribution in [-0.4, -0.2) is 21.6 Å². The SMILES string of the molecule is COc1ccc2c(c1)nc(-c1ccc(N)nc1)n2C1CC1. The van der Waals surface area contributed by atoms with Crippen LogP contribution in [0.15, 0.2) is 36.5 Å². The number of anilines is 1. The molecule has 4 rings (SSSR count). The van der Waals surface area contributed by atoms with E-state index in [9.17, 15) is 0 Å². The molecule has 0 radical (unpaired) electrons. The average Bonchev–Trinajstić information content (AvgIpc) is 3.27. The highest BCUT2D eigenvalue weighted by Gasteiger charge is 2.28. The number of rotatable bonds is 3. The van der Waals surface area contributed by atoms with Crippen molar-refractivity contribution in [2.24, 2.45) is 0 Å². The molecule has 0 unspecified atom stereocenters. The highest BCUT2D eigenvalue weighted by Crippen LogP contribution is 2.41. The van der Waals surface area contributed by atoms with E-state index in [1.807, 2.05) is 24.3 Å². The van der Waals surface area contributed by atoms with Gasteiger partial charge in [0.1, 0.15) is 17.4 Å². The molecule has 2 aromatic heterocycles. The number of hydrogen-bond donors (Lipinski definition) is 1. The normalized spacial score (nSPS) is 14.5. The Balaban J connectivity index is 1.94. The Morgan fingerprint density at radius 1 is 1.24 bits per heavy atom. The average molecular weight is 280 g/mol. The van der Waals surface area contributed by atoms with Gasteiger partial charge in [-0.3, -0.25) is 0 Å². The molecule has 5 nitrogen and oxygen atoms in total. The number of nitrogens with two attached hydrogens (primary N) is 1. The number of ether oxygens (including phenoxy) is 1. The van der Waals surface area contributed by atoms with Crippen molar-refractivity contribution in [1.29, 1.82) is 0 Å². The van der Waals surface area contributed by atoms with E-state index in [0.29, 0.717) is 11.9 Å². The number of aromatic nitrogens is 3. The summed E-state index contributed by atoms with van der Waals surface area (Å²) in [5.41, 5.74) is 8.76. The number of nitrogens with zero attached hydrogens (tertiary/aromatic N) is 3. The second kappa shape index (κ2) is 4.48. The largest absolute Gasteiger partial charge is 0.497 e. The fraction of sp³-hybridized carbons (Fsp3) is 0.250. The first-order valence-corrected chi connectivity index (χ1v) is 7.04. The van der Waals surface area contributed by atoms with Crippen molar-refractivity contribution in [2.75, 3.05) is 12.8 Å². The molecule has 2 heterocycles. The minimum atomic E-state index is 0.523. The minimum absolute atomic E-state index is 0.523. The van der Waals surface area contributed by atoms with Gasteiger partial charge in [-0.2, -0.15) is 0 Å². The van der Waals surface area contributed by atoms with Crippen LogP contribution in [0, 0.1) is 0 Å². The molecule has 21 heavy (non-hydrogen) atoms. The minimum Gasteiger partial charge on any atom is -0.497 e. The molecule has 0 saturated heterocycles. The monoisotopic (exact) mass is 280 g/mol. The molecule has 1 saturated carbocycles. The maximum absolute atomic E-state index is 5.67. The fourth-order valence-corrected chi connectivity index (χ4v) is 2.65. The van der Waals surface area contributed by atoms with Crippen LogP contribution in [0.25, 0.3) is 22.4 Å². The van der Waals surface area contributed by atoms with Gasteiger partial charge in [-0.15, -0.1) is 0 Å². The van der Waals surface area contributed by atoms with Crippen LogP contribution >= 0.6 is 0 Å². The molecule has 1 aromatic carbocycles. The molecule has 5 heteroatoms. The van der Waals surface area contributed by atoms with Crippen LogP contribution in [0.2, 0.25) is 0 Å². The van der Waals surface area contributed by atoms with E-state index in [0.717, 1.165) is 28.2 Å². The van der Waals surface area contributed by atoms with Gasteiger partial charge >= 0.3 is 0 Å². The van der Waals surface area contributed by atoms with Crippen molar-refractivity contribution >= 4 is 16.9 Å². The molecule has 1 aliphatic carbocycles. The zero-order valence-corrected chi connectivity index (χ0v) is 11.8. The van der Waals surface area contributed by atoms with Crippen molar-refractivity contribution < 1.29 is 4.74 Å². The van der Waals surface area contributed by atoms with Crippen molar-refractivity contribution in [2.45, 2.75) is 18.9 Å². The van der Waals surface area contributed by atoms with Gasteiger partial charge in [0, 0.05) is 23.9 Å². The maximum atomic E-state index is 5.67. The zero-order chi connectivity index (χ0) is 14.4. The smallest absolute Gasteiger partial charge is 0.142 e. The number of pyridine rings is 1. The van der Waals surface area contributed by atoms with Gasteiger partial charge in [0.05, 0.1) is 18.1 Å². The molecule has 3 aromatic rings. The molecular formula is C16H16N4O. The van der Waals surface area contributed by atoms with E-state index in [4.69, 9.17) is 15.5 Å². The van der Waals surface area contributed by atoms with Crippen LogP contribution in [0.5, 0.6) is 5.75 Å². The third-order valence-corrected chi connectivity index (χ3v) is 3.85. The number of hydrogen-bond acceptors (Lipinski definition) is 4. The number of nitrogen functional groups attached to an aromatic ring is 1. The van der Waals surface area contributed by atoms with Crippen molar-refractivity contribution in [3.8, 4) is 17.1 Å². The Bertz CT molecular complexity index is 803. The summed E-state index contributed by atoms with van der Waals surface area (Å²) in [6.45, 7) is 0. The van der Waals surface area contributed by atoms with Gasteiger partial charge in [-0.25, -0.2) is 9.97 Å². The number of fused-ring (bicyclic) bond motifs is 1. The van der Waals surface area contributed by atoms with Crippen LogP contribution in [-0.2, 0) is 0 Å². The lowest BCUT2D eigenvalue weighted by molar-refractivity contribution is 0.415. The lowest BCUT2D eigenvalue weighted by Crippen LogP contribution is -1.98. The van der Waals surface area contributed by atoms with E-state index >= 15 is 0 Å². The molecule has 0 spiro atoms. The van der Waals surface area contributed by atoms with Crippen LogP contribution in [0.4, 0.5) is 5.82 Å². The van der Waals surface area contributed by atoms with E-state index in [1.54, 1.807) is 13.3 Å². The zero-order valence-electron chi connectivity index (χ0n) is 11.8. The van der Waals surface area contributed by atoms with Gasteiger partial charge in [-0.1, -0.05) is 0 Å². The van der Waals surface area contributed by atoms with Gasteiger partial charge in [0.2, 0.25) is 0 Å². The van der Waals surface area contributed by atoms with E-state index in [-0.39, 0.29) is 0 Å². The molecule has 106 valence electrons. The second-order valence-corrected chi connectivity index (χ2v) is 5.36. The Hall–Kier alpha value is -2.56. The molecule has 0 bridgehead atoms. The Kier molecular flexibility index (Phi) is 2.60.